The zero-order valence-electron chi connectivity index (χ0n) is 19.6. The maximum Gasteiger partial charge on any atom is 0.162 e. The number of fused-ring (bicyclic) bond motifs is 3. The molecule has 0 saturated carbocycles. The Labute approximate surface area is 195 Å². The summed E-state index contributed by atoms with van der Waals surface area (Å²) in [5.41, 5.74) is 13.4. The molecule has 3 unspecified atom stereocenters. The first-order valence-corrected chi connectivity index (χ1v) is 11.3. The highest BCUT2D eigenvalue weighted by molar-refractivity contribution is 5.65. The summed E-state index contributed by atoms with van der Waals surface area (Å²) in [4.78, 5) is 2.47. The Morgan fingerprint density at radius 1 is 0.848 bits per heavy atom. The summed E-state index contributed by atoms with van der Waals surface area (Å²) in [5.74, 6) is 2.71. The van der Waals surface area contributed by atoms with Gasteiger partial charge in [0.2, 0.25) is 0 Å². The van der Waals surface area contributed by atoms with Crippen molar-refractivity contribution in [2.75, 3.05) is 32.8 Å². The first kappa shape index (κ1) is 21.6. The summed E-state index contributed by atoms with van der Waals surface area (Å²) in [5, 5.41) is 0. The number of nitrogens with one attached hydrogen (secondary N) is 2. The predicted molar refractivity (Wildman–Crippen MR) is 130 cm³/mol. The molecule has 1 saturated heterocycles. The van der Waals surface area contributed by atoms with Crippen LogP contribution in [0.3, 0.4) is 0 Å². The Hall–Kier alpha value is -3.22. The molecule has 0 aliphatic carbocycles. The lowest BCUT2D eigenvalue weighted by Crippen LogP contribution is -2.39. The molecule has 5 rings (SSSR count). The molecule has 33 heavy (non-hydrogen) atoms. The van der Waals surface area contributed by atoms with Crippen LogP contribution in [-0.2, 0) is 6.54 Å². The number of benzene rings is 3. The van der Waals surface area contributed by atoms with Crippen molar-refractivity contribution >= 4 is 5.69 Å². The van der Waals surface area contributed by atoms with E-state index in [0.29, 0.717) is 5.92 Å². The summed E-state index contributed by atoms with van der Waals surface area (Å²) < 4.78 is 16.7. The topological polar surface area (TPSA) is 55.0 Å². The first-order chi connectivity index (χ1) is 16.1. The van der Waals surface area contributed by atoms with Gasteiger partial charge >= 0.3 is 0 Å². The molecule has 2 aliphatic heterocycles. The zero-order valence-corrected chi connectivity index (χ0v) is 19.6. The van der Waals surface area contributed by atoms with Crippen molar-refractivity contribution in [3.05, 3.63) is 82.9 Å². The highest BCUT2D eigenvalue weighted by Gasteiger charge is 2.43. The molecule has 2 aliphatic rings. The van der Waals surface area contributed by atoms with E-state index in [1.54, 1.807) is 21.3 Å². The molecule has 6 nitrogen and oxygen atoms in total. The van der Waals surface area contributed by atoms with Crippen molar-refractivity contribution in [1.29, 1.82) is 0 Å². The lowest BCUT2D eigenvalue weighted by atomic mass is 9.81. The van der Waals surface area contributed by atoms with Gasteiger partial charge in [0.15, 0.2) is 11.5 Å². The fraction of sp³-hybridized carbons (Fsp3) is 0.333. The van der Waals surface area contributed by atoms with Gasteiger partial charge in [0.1, 0.15) is 5.75 Å². The van der Waals surface area contributed by atoms with Crippen LogP contribution in [-0.4, -0.2) is 27.9 Å². The Morgan fingerprint density at radius 3 is 2.27 bits per heavy atom. The maximum absolute atomic E-state index is 5.65. The number of anilines is 1. The summed E-state index contributed by atoms with van der Waals surface area (Å²) >= 11 is 0. The monoisotopic (exact) mass is 445 g/mol. The second-order valence-corrected chi connectivity index (χ2v) is 8.82. The summed E-state index contributed by atoms with van der Waals surface area (Å²) in [7, 11) is 5.08. The van der Waals surface area contributed by atoms with Crippen molar-refractivity contribution in [2.24, 2.45) is 5.92 Å². The average molecular weight is 446 g/mol. The van der Waals surface area contributed by atoms with Crippen LogP contribution in [0.4, 0.5) is 5.69 Å². The highest BCUT2D eigenvalue weighted by atomic mass is 16.5. The van der Waals surface area contributed by atoms with E-state index in [1.165, 1.54) is 27.9 Å². The number of hydrogen-bond donors (Lipinski definition) is 2. The molecular formula is C27H31N3O3. The van der Waals surface area contributed by atoms with E-state index in [-0.39, 0.29) is 12.1 Å². The van der Waals surface area contributed by atoms with E-state index in [0.717, 1.165) is 30.3 Å². The Morgan fingerprint density at radius 2 is 1.58 bits per heavy atom. The van der Waals surface area contributed by atoms with E-state index in [2.05, 4.69) is 71.2 Å². The number of ether oxygens (including phenoxy) is 3. The Balaban J connectivity index is 1.54. The van der Waals surface area contributed by atoms with Crippen LogP contribution >= 0.6 is 0 Å². The zero-order chi connectivity index (χ0) is 22.9. The molecule has 3 aromatic rings. The minimum absolute atomic E-state index is 0.167. The van der Waals surface area contributed by atoms with Gasteiger partial charge < -0.3 is 19.1 Å². The molecule has 3 aromatic carbocycles. The second-order valence-electron chi connectivity index (χ2n) is 8.82. The number of aryl methyl sites for hydroxylation is 1. The molecule has 0 aromatic heterocycles. The lowest BCUT2D eigenvalue weighted by molar-refractivity contribution is 0.350. The predicted octanol–water partition coefficient (Wildman–Crippen LogP) is 4.55. The Bertz CT molecular complexity index is 1130. The smallest absolute Gasteiger partial charge is 0.162 e. The van der Waals surface area contributed by atoms with Crippen LogP contribution in [0.15, 0.2) is 60.7 Å². The quantitative estimate of drug-likeness (QED) is 0.581. The van der Waals surface area contributed by atoms with Gasteiger partial charge in [0, 0.05) is 30.8 Å². The molecule has 3 atom stereocenters. The van der Waals surface area contributed by atoms with Crippen LogP contribution in [0.1, 0.15) is 34.3 Å². The van der Waals surface area contributed by atoms with Gasteiger partial charge in [-0.2, -0.15) is 0 Å². The number of methoxy groups -OCH3 is 3. The molecule has 0 spiro atoms. The average Bonchev–Trinajstić information content (AvgIpc) is 3.27. The van der Waals surface area contributed by atoms with Gasteiger partial charge in [-0.05, 0) is 41.8 Å². The van der Waals surface area contributed by atoms with Gasteiger partial charge in [-0.15, -0.1) is 0 Å². The van der Waals surface area contributed by atoms with Crippen LogP contribution in [0.5, 0.6) is 17.2 Å². The first-order valence-electron chi connectivity index (χ1n) is 11.3. The summed E-state index contributed by atoms with van der Waals surface area (Å²) in [6.07, 6.45) is 0. The van der Waals surface area contributed by atoms with E-state index in [9.17, 15) is 0 Å². The van der Waals surface area contributed by atoms with Crippen molar-refractivity contribution in [1.82, 2.24) is 10.9 Å². The fourth-order valence-corrected chi connectivity index (χ4v) is 5.19. The lowest BCUT2D eigenvalue weighted by Gasteiger charge is -2.39. The standard InChI is InChI=1S/C27H31N3O3/c1-17-6-5-7-18(12-17)15-30-16-22-26(19-8-10-20(31-2)11-9-19)28-29-27(22)21-13-24(32-3)25(33-4)14-23(21)30/h5-14,22,26-29H,15-16H2,1-4H3. The fourth-order valence-electron chi connectivity index (χ4n) is 5.19. The minimum atomic E-state index is 0.167. The molecule has 0 bridgehead atoms. The molecular weight excluding hydrogens is 414 g/mol. The summed E-state index contributed by atoms with van der Waals surface area (Å²) in [6.45, 7) is 3.89. The largest absolute Gasteiger partial charge is 0.497 e. The molecule has 0 amide bonds. The van der Waals surface area contributed by atoms with Crippen molar-refractivity contribution in [3.63, 3.8) is 0 Å². The van der Waals surface area contributed by atoms with E-state index < -0.39 is 0 Å². The van der Waals surface area contributed by atoms with Crippen LogP contribution in [0.2, 0.25) is 0 Å². The molecule has 2 N–H and O–H groups in total. The van der Waals surface area contributed by atoms with Gasteiger partial charge in [0.25, 0.3) is 0 Å². The number of rotatable bonds is 6. The number of hydrogen-bond acceptors (Lipinski definition) is 6. The van der Waals surface area contributed by atoms with Crippen LogP contribution in [0, 0.1) is 12.8 Å². The van der Waals surface area contributed by atoms with Crippen molar-refractivity contribution in [3.8, 4) is 17.2 Å². The van der Waals surface area contributed by atoms with Crippen LogP contribution < -0.4 is 30.0 Å². The number of nitrogens with zero attached hydrogens (tertiary/aromatic N) is 1. The molecule has 1 fully saturated rings. The van der Waals surface area contributed by atoms with Gasteiger partial charge in [0.05, 0.1) is 33.4 Å². The number of hydrazine groups is 1. The van der Waals surface area contributed by atoms with E-state index in [1.807, 2.05) is 12.1 Å². The SMILES string of the molecule is COc1ccc(C2NNC3c4cc(OC)c(OC)cc4N(Cc4cccc(C)c4)CC23)cc1. The van der Waals surface area contributed by atoms with Gasteiger partial charge in [-0.3, -0.25) is 0 Å². The highest BCUT2D eigenvalue weighted by Crippen LogP contribution is 2.49. The third-order valence-electron chi connectivity index (χ3n) is 6.82. The second kappa shape index (κ2) is 8.96. The molecule has 6 heteroatoms. The third-order valence-corrected chi connectivity index (χ3v) is 6.82. The molecule has 172 valence electrons. The van der Waals surface area contributed by atoms with Crippen molar-refractivity contribution in [2.45, 2.75) is 25.6 Å². The van der Waals surface area contributed by atoms with E-state index in [4.69, 9.17) is 14.2 Å². The molecule has 2 heterocycles. The minimum Gasteiger partial charge on any atom is -0.497 e. The van der Waals surface area contributed by atoms with E-state index >= 15 is 0 Å². The third kappa shape index (κ3) is 4.01. The van der Waals surface area contributed by atoms with Gasteiger partial charge in [-0.25, -0.2) is 10.9 Å². The Kier molecular flexibility index (Phi) is 5.87. The van der Waals surface area contributed by atoms with Crippen molar-refractivity contribution < 1.29 is 14.2 Å². The normalized spacial score (nSPS) is 21.3. The van der Waals surface area contributed by atoms with Crippen LogP contribution in [0.25, 0.3) is 0 Å². The maximum atomic E-state index is 5.65. The molecule has 0 radical (unpaired) electrons. The van der Waals surface area contributed by atoms with Gasteiger partial charge in [-0.1, -0.05) is 42.0 Å². The summed E-state index contributed by atoms with van der Waals surface area (Å²) in [6, 6.07) is 21.7.